The first-order chi connectivity index (χ1) is 17.1. The van der Waals surface area contributed by atoms with Crippen molar-refractivity contribution in [1.82, 2.24) is 19.8 Å². The van der Waals surface area contributed by atoms with Crippen LogP contribution in [-0.2, 0) is 24.3 Å². The third-order valence-electron chi connectivity index (χ3n) is 7.28. The minimum atomic E-state index is -0.0828. The quantitative estimate of drug-likeness (QED) is 0.628. The zero-order valence-electron chi connectivity index (χ0n) is 20.0. The molecule has 1 fully saturated rings. The van der Waals surface area contributed by atoms with Gasteiger partial charge in [-0.15, -0.1) is 0 Å². The van der Waals surface area contributed by atoms with Crippen LogP contribution in [0.2, 0.25) is 0 Å². The normalized spacial score (nSPS) is 16.9. The van der Waals surface area contributed by atoms with Gasteiger partial charge < -0.3 is 10.2 Å². The maximum Gasteiger partial charge on any atom is 0.261 e. The maximum atomic E-state index is 13.2. The number of benzene rings is 2. The van der Waals surface area contributed by atoms with Crippen LogP contribution in [0.25, 0.3) is 10.9 Å². The van der Waals surface area contributed by atoms with Gasteiger partial charge in [0, 0.05) is 44.1 Å². The van der Waals surface area contributed by atoms with Crippen molar-refractivity contribution < 1.29 is 9.59 Å². The van der Waals surface area contributed by atoms with Crippen molar-refractivity contribution in [2.75, 3.05) is 13.1 Å². The van der Waals surface area contributed by atoms with Crippen LogP contribution in [0.1, 0.15) is 60.3 Å². The number of likely N-dealkylation sites (tertiary alicyclic amines) is 1. The van der Waals surface area contributed by atoms with E-state index in [1.807, 2.05) is 39.8 Å². The monoisotopic (exact) mass is 472 g/mol. The van der Waals surface area contributed by atoms with Gasteiger partial charge in [-0.3, -0.25) is 19.0 Å². The summed E-state index contributed by atoms with van der Waals surface area (Å²) in [5, 5.41) is 3.59. The van der Waals surface area contributed by atoms with E-state index in [4.69, 9.17) is 4.98 Å². The summed E-state index contributed by atoms with van der Waals surface area (Å²) < 4.78 is 1.82. The number of amides is 2. The predicted molar refractivity (Wildman–Crippen MR) is 135 cm³/mol. The van der Waals surface area contributed by atoms with Crippen LogP contribution in [-0.4, -0.2) is 39.4 Å². The van der Waals surface area contributed by atoms with Crippen molar-refractivity contribution in [3.8, 4) is 0 Å². The number of piperidine rings is 1. The van der Waals surface area contributed by atoms with Crippen LogP contribution < -0.4 is 10.9 Å². The van der Waals surface area contributed by atoms with Crippen molar-refractivity contribution >= 4 is 22.7 Å². The van der Waals surface area contributed by atoms with Gasteiger partial charge in [-0.1, -0.05) is 43.2 Å². The molecule has 3 heterocycles. The number of carbonyl (C=O) groups excluding carboxylic acids is 2. The van der Waals surface area contributed by atoms with Crippen LogP contribution >= 0.6 is 0 Å². The highest BCUT2D eigenvalue weighted by molar-refractivity contribution is 5.97. The van der Waals surface area contributed by atoms with Gasteiger partial charge in [-0.25, -0.2) is 4.98 Å². The molecule has 3 aromatic rings. The van der Waals surface area contributed by atoms with Crippen LogP contribution in [0.4, 0.5) is 0 Å². The Bertz CT molecular complexity index is 1280. The Balaban J connectivity index is 1.24. The number of nitrogens with zero attached hydrogens (tertiary/aromatic N) is 3. The minimum Gasteiger partial charge on any atom is -0.352 e. The fourth-order valence-corrected chi connectivity index (χ4v) is 5.18. The molecule has 2 aromatic carbocycles. The van der Waals surface area contributed by atoms with Crippen LogP contribution in [0.5, 0.6) is 0 Å². The molecule has 2 aliphatic heterocycles. The third kappa shape index (κ3) is 5.14. The van der Waals surface area contributed by atoms with E-state index in [2.05, 4.69) is 5.32 Å². The molecule has 0 bridgehead atoms. The molecule has 7 nitrogen and oxygen atoms in total. The topological polar surface area (TPSA) is 84.3 Å². The first kappa shape index (κ1) is 23.3. The summed E-state index contributed by atoms with van der Waals surface area (Å²) in [7, 11) is 0. The summed E-state index contributed by atoms with van der Waals surface area (Å²) in [6, 6.07) is 15.1. The van der Waals surface area contributed by atoms with Gasteiger partial charge in [-0.05, 0) is 49.4 Å². The molecule has 0 saturated carbocycles. The van der Waals surface area contributed by atoms with Gasteiger partial charge in [0.25, 0.3) is 11.5 Å². The number of hydrogen-bond acceptors (Lipinski definition) is 4. The van der Waals surface area contributed by atoms with E-state index in [-0.39, 0.29) is 23.3 Å². The number of hydrogen-bond donors (Lipinski definition) is 1. The Hall–Kier alpha value is -3.48. The summed E-state index contributed by atoms with van der Waals surface area (Å²) >= 11 is 0. The van der Waals surface area contributed by atoms with Crippen molar-refractivity contribution in [2.45, 2.75) is 58.0 Å². The second-order valence-electron chi connectivity index (χ2n) is 9.65. The SMILES string of the molecule is O=C(NCc1ccccc1)C1CCN(C(=O)c2ccc3c(=O)n4c(nc3c2)CCCCCC4)CC1. The Kier molecular flexibility index (Phi) is 6.93. The van der Waals surface area contributed by atoms with E-state index in [1.165, 1.54) is 0 Å². The zero-order valence-corrected chi connectivity index (χ0v) is 20.0. The van der Waals surface area contributed by atoms with E-state index < -0.39 is 0 Å². The highest BCUT2D eigenvalue weighted by Gasteiger charge is 2.28. The lowest BCUT2D eigenvalue weighted by Gasteiger charge is -2.31. The summed E-state index contributed by atoms with van der Waals surface area (Å²) in [4.78, 5) is 45.5. The molecule has 0 radical (unpaired) electrons. The van der Waals surface area contributed by atoms with Gasteiger partial charge >= 0.3 is 0 Å². The Labute approximate surface area is 205 Å². The van der Waals surface area contributed by atoms with Gasteiger partial charge in [0.05, 0.1) is 10.9 Å². The van der Waals surface area contributed by atoms with Crippen LogP contribution in [0.3, 0.4) is 0 Å². The molecular formula is C28H32N4O3. The van der Waals surface area contributed by atoms with Gasteiger partial charge in [0.1, 0.15) is 5.82 Å². The lowest BCUT2D eigenvalue weighted by molar-refractivity contribution is -0.126. The number of fused-ring (bicyclic) bond motifs is 2. The van der Waals surface area contributed by atoms with Gasteiger partial charge in [0.2, 0.25) is 5.91 Å². The lowest BCUT2D eigenvalue weighted by Crippen LogP contribution is -2.43. The number of aromatic nitrogens is 2. The fraction of sp³-hybridized carbons (Fsp3) is 0.429. The smallest absolute Gasteiger partial charge is 0.261 e. The molecule has 5 rings (SSSR count). The second-order valence-corrected chi connectivity index (χ2v) is 9.65. The molecule has 35 heavy (non-hydrogen) atoms. The zero-order chi connectivity index (χ0) is 24.2. The van der Waals surface area contributed by atoms with Crippen LogP contribution in [0.15, 0.2) is 53.3 Å². The van der Waals surface area contributed by atoms with Crippen molar-refractivity contribution in [1.29, 1.82) is 0 Å². The van der Waals surface area contributed by atoms with E-state index in [1.54, 1.807) is 18.2 Å². The minimum absolute atomic E-state index is 0.00627. The van der Waals surface area contributed by atoms with E-state index >= 15 is 0 Å². The Morgan fingerprint density at radius 2 is 1.71 bits per heavy atom. The summed E-state index contributed by atoms with van der Waals surface area (Å²) in [6.45, 7) is 2.32. The highest BCUT2D eigenvalue weighted by atomic mass is 16.2. The molecule has 1 saturated heterocycles. The molecule has 2 aliphatic rings. The molecule has 0 atom stereocenters. The first-order valence-electron chi connectivity index (χ1n) is 12.7. The van der Waals surface area contributed by atoms with Crippen molar-refractivity contribution in [3.63, 3.8) is 0 Å². The average Bonchev–Trinajstić information content (AvgIpc) is 2.88. The fourth-order valence-electron chi connectivity index (χ4n) is 5.18. The number of carbonyl (C=O) groups is 2. The van der Waals surface area contributed by atoms with Crippen molar-refractivity contribution in [2.24, 2.45) is 5.92 Å². The Morgan fingerprint density at radius 1 is 0.943 bits per heavy atom. The van der Waals surface area contributed by atoms with Crippen LogP contribution in [0, 0.1) is 5.92 Å². The number of nitrogens with one attached hydrogen (secondary N) is 1. The summed E-state index contributed by atoms with van der Waals surface area (Å²) in [5.74, 6) is 0.728. The molecule has 0 aliphatic carbocycles. The van der Waals surface area contributed by atoms with E-state index in [9.17, 15) is 14.4 Å². The van der Waals surface area contributed by atoms with Gasteiger partial charge in [-0.2, -0.15) is 0 Å². The third-order valence-corrected chi connectivity index (χ3v) is 7.28. The molecule has 0 unspecified atom stereocenters. The molecule has 2 amide bonds. The molecule has 0 spiro atoms. The second kappa shape index (κ2) is 10.4. The molecule has 1 N–H and O–H groups in total. The number of rotatable bonds is 4. The molecular weight excluding hydrogens is 440 g/mol. The first-order valence-corrected chi connectivity index (χ1v) is 12.7. The molecule has 1 aromatic heterocycles. The summed E-state index contributed by atoms with van der Waals surface area (Å²) in [5.41, 5.74) is 2.22. The molecule has 7 heteroatoms. The summed E-state index contributed by atoms with van der Waals surface area (Å²) in [6.07, 6.45) is 6.42. The highest BCUT2D eigenvalue weighted by Crippen LogP contribution is 2.21. The van der Waals surface area contributed by atoms with Crippen molar-refractivity contribution in [3.05, 3.63) is 75.8 Å². The standard InChI is InChI=1S/C28H32N4O3/c33-26(29-19-20-8-4-3-5-9-20)21-13-16-31(17-14-21)27(34)22-11-12-23-24(18-22)30-25-10-6-1-2-7-15-32(25)28(23)35/h3-5,8-9,11-12,18,21H,1-2,6-7,10,13-17,19H2,(H,29,33). The largest absolute Gasteiger partial charge is 0.352 e. The Morgan fingerprint density at radius 3 is 2.51 bits per heavy atom. The van der Waals surface area contributed by atoms with E-state index in [0.29, 0.717) is 55.5 Å². The average molecular weight is 473 g/mol. The van der Waals surface area contributed by atoms with Gasteiger partial charge in [0.15, 0.2) is 0 Å². The lowest BCUT2D eigenvalue weighted by atomic mass is 9.95. The maximum absolute atomic E-state index is 13.2. The predicted octanol–water partition coefficient (Wildman–Crippen LogP) is 3.68. The molecule has 182 valence electrons. The van der Waals surface area contributed by atoms with E-state index in [0.717, 1.165) is 43.5 Å². The number of aryl methyl sites for hydroxylation is 1.